The quantitative estimate of drug-likeness (QED) is 0.316. The first-order valence-electron chi connectivity index (χ1n) is 7.85. The standard InChI is InChI=1S/C15H33N3/c1-3-5-7-9-10-12-14-18-15(16)17-13-11-8-6-4-2/h3-14H2,1-2H3,(H3,16,17,18). The molecular formula is C15H33N3. The van der Waals surface area contributed by atoms with Crippen LogP contribution in [0.25, 0.3) is 0 Å². The number of hydrogen-bond acceptors (Lipinski definition) is 1. The number of nitrogens with one attached hydrogen (secondary N) is 1. The second kappa shape index (κ2) is 14.3. The summed E-state index contributed by atoms with van der Waals surface area (Å²) in [4.78, 5) is 4.34. The maximum atomic E-state index is 5.79. The van der Waals surface area contributed by atoms with Crippen LogP contribution in [0.2, 0.25) is 0 Å². The molecule has 0 saturated carbocycles. The van der Waals surface area contributed by atoms with Crippen molar-refractivity contribution in [1.29, 1.82) is 0 Å². The van der Waals surface area contributed by atoms with Crippen LogP contribution in [0.15, 0.2) is 4.99 Å². The summed E-state index contributed by atoms with van der Waals surface area (Å²) < 4.78 is 0. The third-order valence-corrected chi connectivity index (χ3v) is 3.13. The minimum atomic E-state index is 0.625. The molecule has 0 atom stereocenters. The fourth-order valence-corrected chi connectivity index (χ4v) is 1.92. The SMILES string of the molecule is CCCCCCCCN=C(N)NCCCCCC. The lowest BCUT2D eigenvalue weighted by atomic mass is 10.1. The van der Waals surface area contributed by atoms with Crippen LogP contribution < -0.4 is 11.1 Å². The van der Waals surface area contributed by atoms with Crippen molar-refractivity contribution < 1.29 is 0 Å². The molecule has 0 unspecified atom stereocenters. The van der Waals surface area contributed by atoms with Crippen molar-refractivity contribution in [2.45, 2.75) is 78.1 Å². The van der Waals surface area contributed by atoms with E-state index in [4.69, 9.17) is 5.73 Å². The van der Waals surface area contributed by atoms with E-state index in [1.165, 1.54) is 64.2 Å². The van der Waals surface area contributed by atoms with Crippen LogP contribution in [0.4, 0.5) is 0 Å². The summed E-state index contributed by atoms with van der Waals surface area (Å²) in [6, 6.07) is 0. The van der Waals surface area contributed by atoms with Gasteiger partial charge in [0.25, 0.3) is 0 Å². The second-order valence-electron chi connectivity index (χ2n) is 5.02. The van der Waals surface area contributed by atoms with Gasteiger partial charge in [0.15, 0.2) is 5.96 Å². The lowest BCUT2D eigenvalue weighted by Gasteiger charge is -2.05. The Bertz CT molecular complexity index is 190. The molecule has 0 aromatic rings. The zero-order chi connectivity index (χ0) is 13.5. The van der Waals surface area contributed by atoms with Crippen molar-refractivity contribution in [3.63, 3.8) is 0 Å². The Morgan fingerprint density at radius 2 is 1.39 bits per heavy atom. The number of rotatable bonds is 12. The highest BCUT2D eigenvalue weighted by molar-refractivity contribution is 5.77. The van der Waals surface area contributed by atoms with E-state index in [-0.39, 0.29) is 0 Å². The van der Waals surface area contributed by atoms with E-state index < -0.39 is 0 Å². The Morgan fingerprint density at radius 1 is 0.833 bits per heavy atom. The maximum absolute atomic E-state index is 5.79. The molecule has 18 heavy (non-hydrogen) atoms. The van der Waals surface area contributed by atoms with Crippen LogP contribution in [0.1, 0.15) is 78.1 Å². The second-order valence-corrected chi connectivity index (χ2v) is 5.02. The third-order valence-electron chi connectivity index (χ3n) is 3.13. The van der Waals surface area contributed by atoms with Gasteiger partial charge >= 0.3 is 0 Å². The first kappa shape index (κ1) is 17.3. The Balaban J connectivity index is 3.25. The van der Waals surface area contributed by atoms with E-state index >= 15 is 0 Å². The predicted octanol–water partition coefficient (Wildman–Crippen LogP) is 3.83. The topological polar surface area (TPSA) is 50.4 Å². The largest absolute Gasteiger partial charge is 0.370 e. The molecule has 3 nitrogen and oxygen atoms in total. The summed E-state index contributed by atoms with van der Waals surface area (Å²) in [5, 5.41) is 3.18. The third kappa shape index (κ3) is 13.3. The molecule has 0 aromatic heterocycles. The van der Waals surface area contributed by atoms with Crippen molar-refractivity contribution in [3.8, 4) is 0 Å². The highest BCUT2D eigenvalue weighted by Crippen LogP contribution is 2.04. The van der Waals surface area contributed by atoms with Crippen LogP contribution >= 0.6 is 0 Å². The minimum absolute atomic E-state index is 0.625. The van der Waals surface area contributed by atoms with Gasteiger partial charge in [0, 0.05) is 13.1 Å². The molecule has 0 amide bonds. The summed E-state index contributed by atoms with van der Waals surface area (Å²) in [6.07, 6.45) is 12.9. The lowest BCUT2D eigenvalue weighted by molar-refractivity contribution is 0.611. The number of nitrogens with two attached hydrogens (primary N) is 1. The molecule has 0 fully saturated rings. The van der Waals surface area contributed by atoms with Crippen molar-refractivity contribution >= 4 is 5.96 Å². The molecule has 0 heterocycles. The predicted molar refractivity (Wildman–Crippen MR) is 82.0 cm³/mol. The Morgan fingerprint density at radius 3 is 2.06 bits per heavy atom. The van der Waals surface area contributed by atoms with Gasteiger partial charge in [-0.1, -0.05) is 65.2 Å². The first-order chi connectivity index (χ1) is 8.81. The zero-order valence-electron chi connectivity index (χ0n) is 12.5. The number of guanidine groups is 1. The van der Waals surface area contributed by atoms with Gasteiger partial charge in [0.05, 0.1) is 0 Å². The molecule has 0 saturated heterocycles. The summed E-state index contributed by atoms with van der Waals surface area (Å²) in [5.41, 5.74) is 5.79. The smallest absolute Gasteiger partial charge is 0.188 e. The molecule has 0 aliphatic heterocycles. The highest BCUT2D eigenvalue weighted by Gasteiger charge is 1.92. The number of hydrogen-bond donors (Lipinski definition) is 2. The molecule has 0 aliphatic rings. The molecule has 108 valence electrons. The zero-order valence-corrected chi connectivity index (χ0v) is 12.5. The van der Waals surface area contributed by atoms with E-state index in [1.807, 2.05) is 0 Å². The van der Waals surface area contributed by atoms with Crippen molar-refractivity contribution in [1.82, 2.24) is 5.32 Å². The average molecular weight is 255 g/mol. The fraction of sp³-hybridized carbons (Fsp3) is 0.933. The summed E-state index contributed by atoms with van der Waals surface area (Å²) in [7, 11) is 0. The van der Waals surface area contributed by atoms with Gasteiger partial charge in [-0.2, -0.15) is 0 Å². The molecule has 0 spiro atoms. The fourth-order valence-electron chi connectivity index (χ4n) is 1.92. The molecular weight excluding hydrogens is 222 g/mol. The molecule has 3 heteroatoms. The summed E-state index contributed by atoms with van der Waals surface area (Å²) >= 11 is 0. The molecule has 0 aromatic carbocycles. The van der Waals surface area contributed by atoms with Gasteiger partial charge in [-0.15, -0.1) is 0 Å². The van der Waals surface area contributed by atoms with Crippen LogP contribution in [0.5, 0.6) is 0 Å². The number of aliphatic imine (C=N–C) groups is 1. The van der Waals surface area contributed by atoms with Crippen LogP contribution in [-0.4, -0.2) is 19.0 Å². The molecule has 0 radical (unpaired) electrons. The number of nitrogens with zero attached hydrogens (tertiary/aromatic N) is 1. The molecule has 0 aliphatic carbocycles. The molecule has 0 bridgehead atoms. The first-order valence-corrected chi connectivity index (χ1v) is 7.85. The Labute approximate surface area is 114 Å². The van der Waals surface area contributed by atoms with E-state index in [2.05, 4.69) is 24.2 Å². The lowest BCUT2D eigenvalue weighted by Crippen LogP contribution is -2.32. The molecule has 0 rings (SSSR count). The van der Waals surface area contributed by atoms with Crippen molar-refractivity contribution in [2.75, 3.05) is 13.1 Å². The van der Waals surface area contributed by atoms with Gasteiger partial charge in [-0.05, 0) is 12.8 Å². The van der Waals surface area contributed by atoms with E-state index in [1.54, 1.807) is 0 Å². The van der Waals surface area contributed by atoms with Gasteiger partial charge in [0.2, 0.25) is 0 Å². The monoisotopic (exact) mass is 255 g/mol. The normalized spacial score (nSPS) is 11.8. The van der Waals surface area contributed by atoms with Gasteiger partial charge in [0.1, 0.15) is 0 Å². The Hall–Kier alpha value is -0.730. The van der Waals surface area contributed by atoms with Crippen LogP contribution in [0.3, 0.4) is 0 Å². The van der Waals surface area contributed by atoms with Gasteiger partial charge < -0.3 is 11.1 Å². The molecule has 3 N–H and O–H groups in total. The summed E-state index contributed by atoms with van der Waals surface area (Å²) in [6.45, 7) is 6.31. The van der Waals surface area contributed by atoms with E-state index in [0.29, 0.717) is 5.96 Å². The Kier molecular flexibility index (Phi) is 13.8. The summed E-state index contributed by atoms with van der Waals surface area (Å²) in [5.74, 6) is 0.625. The van der Waals surface area contributed by atoms with Crippen molar-refractivity contribution in [3.05, 3.63) is 0 Å². The van der Waals surface area contributed by atoms with Gasteiger partial charge in [-0.3, -0.25) is 4.99 Å². The van der Waals surface area contributed by atoms with E-state index in [0.717, 1.165) is 13.1 Å². The van der Waals surface area contributed by atoms with Crippen molar-refractivity contribution in [2.24, 2.45) is 10.7 Å². The highest BCUT2D eigenvalue weighted by atomic mass is 15.1. The minimum Gasteiger partial charge on any atom is -0.370 e. The van der Waals surface area contributed by atoms with E-state index in [9.17, 15) is 0 Å². The van der Waals surface area contributed by atoms with Gasteiger partial charge in [-0.25, -0.2) is 0 Å². The maximum Gasteiger partial charge on any atom is 0.188 e. The van der Waals surface area contributed by atoms with Crippen LogP contribution in [-0.2, 0) is 0 Å². The van der Waals surface area contributed by atoms with Crippen LogP contribution in [0, 0.1) is 0 Å². The average Bonchev–Trinajstić information content (AvgIpc) is 2.37. The number of unbranched alkanes of at least 4 members (excludes halogenated alkanes) is 8.